The molecule has 2 aliphatic heterocycles. The molecule has 0 bridgehead atoms. The van der Waals surface area contributed by atoms with Gasteiger partial charge in [0, 0.05) is 26.2 Å². The van der Waals surface area contributed by atoms with E-state index in [-0.39, 0.29) is 6.10 Å². The van der Waals surface area contributed by atoms with Gasteiger partial charge in [0.2, 0.25) is 0 Å². The molecule has 2 unspecified atom stereocenters. The molecule has 0 amide bonds. The summed E-state index contributed by atoms with van der Waals surface area (Å²) in [7, 11) is 0. The Morgan fingerprint density at radius 3 is 2.88 bits per heavy atom. The Hall–Kier alpha value is -1.59. The van der Waals surface area contributed by atoms with Gasteiger partial charge in [0.25, 0.3) is 0 Å². The van der Waals surface area contributed by atoms with Crippen LogP contribution in [-0.2, 0) is 9.47 Å². The summed E-state index contributed by atoms with van der Waals surface area (Å²) in [6, 6.07) is 6.62. The lowest BCUT2D eigenvalue weighted by molar-refractivity contribution is -0.00836. The molecular formula is C21H33N3O2. The minimum absolute atomic E-state index is 0.103. The van der Waals surface area contributed by atoms with E-state index < -0.39 is 0 Å². The summed E-state index contributed by atoms with van der Waals surface area (Å²) in [5.41, 5.74) is 3.88. The van der Waals surface area contributed by atoms with Gasteiger partial charge in [0.1, 0.15) is 6.10 Å². The Kier molecular flexibility index (Phi) is 6.92. The monoisotopic (exact) mass is 359 g/mol. The fourth-order valence-electron chi connectivity index (χ4n) is 3.83. The number of morpholine rings is 1. The zero-order valence-electron chi connectivity index (χ0n) is 16.5. The molecule has 3 rings (SSSR count). The number of aliphatic imine (C=N–C) groups is 1. The molecule has 26 heavy (non-hydrogen) atoms. The van der Waals surface area contributed by atoms with Gasteiger partial charge in [0.15, 0.2) is 5.96 Å². The van der Waals surface area contributed by atoms with Crippen molar-refractivity contribution in [3.63, 3.8) is 0 Å². The molecular weight excluding hydrogens is 326 g/mol. The molecule has 1 aromatic rings. The van der Waals surface area contributed by atoms with Crippen molar-refractivity contribution in [1.29, 1.82) is 0 Å². The number of rotatable bonds is 5. The normalized spacial score (nSPS) is 24.1. The number of benzene rings is 1. The second-order valence-electron chi connectivity index (χ2n) is 7.32. The third-order valence-corrected chi connectivity index (χ3v) is 5.21. The van der Waals surface area contributed by atoms with E-state index in [0.29, 0.717) is 6.10 Å². The van der Waals surface area contributed by atoms with Crippen molar-refractivity contribution in [2.24, 2.45) is 4.99 Å². The number of nitrogens with zero attached hydrogens (tertiary/aromatic N) is 2. The molecule has 0 aliphatic carbocycles. The number of aryl methyl sites for hydroxylation is 2. The molecule has 2 atom stereocenters. The van der Waals surface area contributed by atoms with E-state index in [9.17, 15) is 0 Å². The van der Waals surface area contributed by atoms with E-state index >= 15 is 0 Å². The van der Waals surface area contributed by atoms with Crippen LogP contribution in [-0.4, -0.2) is 56.4 Å². The van der Waals surface area contributed by atoms with Crippen LogP contribution in [0.4, 0.5) is 0 Å². The number of ether oxygens (including phenoxy) is 2. The molecule has 144 valence electrons. The summed E-state index contributed by atoms with van der Waals surface area (Å²) in [6.07, 6.45) is 3.88. The van der Waals surface area contributed by atoms with Crippen molar-refractivity contribution in [3.8, 4) is 0 Å². The number of hydrogen-bond donors (Lipinski definition) is 1. The molecule has 0 spiro atoms. The van der Waals surface area contributed by atoms with Crippen LogP contribution in [0, 0.1) is 13.8 Å². The number of hydrogen-bond acceptors (Lipinski definition) is 3. The minimum atomic E-state index is 0.103. The second kappa shape index (κ2) is 9.38. The summed E-state index contributed by atoms with van der Waals surface area (Å²) < 4.78 is 11.8. The van der Waals surface area contributed by atoms with Crippen molar-refractivity contribution in [1.82, 2.24) is 10.2 Å². The van der Waals surface area contributed by atoms with E-state index in [4.69, 9.17) is 14.5 Å². The highest BCUT2D eigenvalue weighted by molar-refractivity contribution is 5.80. The topological polar surface area (TPSA) is 46.1 Å². The van der Waals surface area contributed by atoms with Gasteiger partial charge in [-0.2, -0.15) is 0 Å². The fraction of sp³-hybridized carbons (Fsp3) is 0.667. The van der Waals surface area contributed by atoms with Crippen LogP contribution in [0.25, 0.3) is 0 Å². The molecule has 0 saturated carbocycles. The lowest BCUT2D eigenvalue weighted by Gasteiger charge is -2.36. The molecule has 1 aromatic carbocycles. The lowest BCUT2D eigenvalue weighted by Crippen LogP contribution is -2.48. The quantitative estimate of drug-likeness (QED) is 0.648. The van der Waals surface area contributed by atoms with Crippen LogP contribution in [0.2, 0.25) is 0 Å². The first-order valence-corrected chi connectivity index (χ1v) is 10.0. The van der Waals surface area contributed by atoms with Crippen LogP contribution in [0.5, 0.6) is 0 Å². The molecule has 0 radical (unpaired) electrons. The zero-order chi connectivity index (χ0) is 18.4. The van der Waals surface area contributed by atoms with Gasteiger partial charge in [-0.1, -0.05) is 23.8 Å². The number of nitrogens with one attached hydrogen (secondary N) is 1. The highest BCUT2D eigenvalue weighted by Gasteiger charge is 2.25. The Labute approximate surface area is 157 Å². The van der Waals surface area contributed by atoms with Crippen LogP contribution >= 0.6 is 0 Å². The molecule has 2 fully saturated rings. The summed E-state index contributed by atoms with van der Waals surface area (Å²) in [4.78, 5) is 7.20. The van der Waals surface area contributed by atoms with Gasteiger partial charge < -0.3 is 19.7 Å². The standard InChI is InChI=1S/C21H33N3O2/c1-4-22-21(23-10-9-18-6-5-12-25-18)24-11-13-26-20(15-24)19-8-7-16(2)14-17(19)3/h7-8,14,18,20H,4-6,9-13,15H2,1-3H3,(H,22,23). The number of guanidine groups is 1. The first kappa shape index (κ1) is 19.2. The smallest absolute Gasteiger partial charge is 0.194 e. The van der Waals surface area contributed by atoms with Crippen molar-refractivity contribution in [3.05, 3.63) is 34.9 Å². The van der Waals surface area contributed by atoms with E-state index in [1.165, 1.54) is 29.5 Å². The van der Waals surface area contributed by atoms with Crippen molar-refractivity contribution in [2.75, 3.05) is 39.4 Å². The predicted molar refractivity (Wildman–Crippen MR) is 106 cm³/mol. The SMILES string of the molecule is CCNC(=NCCC1CCCO1)N1CCOC(c2ccc(C)cc2C)C1. The molecule has 0 aromatic heterocycles. The van der Waals surface area contributed by atoms with Crippen LogP contribution < -0.4 is 5.32 Å². The summed E-state index contributed by atoms with van der Waals surface area (Å²) >= 11 is 0. The van der Waals surface area contributed by atoms with Gasteiger partial charge in [-0.25, -0.2) is 0 Å². The van der Waals surface area contributed by atoms with Gasteiger partial charge in [0.05, 0.1) is 19.3 Å². The van der Waals surface area contributed by atoms with Crippen molar-refractivity contribution in [2.45, 2.75) is 52.2 Å². The van der Waals surface area contributed by atoms with Crippen molar-refractivity contribution < 1.29 is 9.47 Å². The fourth-order valence-corrected chi connectivity index (χ4v) is 3.83. The maximum absolute atomic E-state index is 6.08. The third-order valence-electron chi connectivity index (χ3n) is 5.21. The molecule has 1 N–H and O–H groups in total. The highest BCUT2D eigenvalue weighted by Crippen LogP contribution is 2.26. The van der Waals surface area contributed by atoms with E-state index in [1.54, 1.807) is 0 Å². The summed E-state index contributed by atoms with van der Waals surface area (Å²) in [5.74, 6) is 1.00. The molecule has 2 heterocycles. The zero-order valence-corrected chi connectivity index (χ0v) is 16.5. The Bertz CT molecular complexity index is 611. The summed E-state index contributed by atoms with van der Waals surface area (Å²) in [6.45, 7) is 11.5. The van der Waals surface area contributed by atoms with Crippen molar-refractivity contribution >= 4 is 5.96 Å². The van der Waals surface area contributed by atoms with Crippen LogP contribution in [0.3, 0.4) is 0 Å². The van der Waals surface area contributed by atoms with E-state index in [2.05, 4.69) is 49.2 Å². The van der Waals surface area contributed by atoms with Gasteiger partial charge in [-0.3, -0.25) is 4.99 Å². The lowest BCUT2D eigenvalue weighted by atomic mass is 10.00. The Morgan fingerprint density at radius 2 is 2.15 bits per heavy atom. The summed E-state index contributed by atoms with van der Waals surface area (Å²) in [5, 5.41) is 3.45. The minimum Gasteiger partial charge on any atom is -0.378 e. The van der Waals surface area contributed by atoms with Gasteiger partial charge >= 0.3 is 0 Å². The molecule has 2 aliphatic rings. The van der Waals surface area contributed by atoms with Crippen LogP contribution in [0.1, 0.15) is 49.0 Å². The molecule has 5 heteroatoms. The van der Waals surface area contributed by atoms with E-state index in [1.807, 2.05) is 0 Å². The molecule has 5 nitrogen and oxygen atoms in total. The average molecular weight is 360 g/mol. The Balaban J connectivity index is 1.64. The first-order valence-electron chi connectivity index (χ1n) is 10.0. The second-order valence-corrected chi connectivity index (χ2v) is 7.32. The Morgan fingerprint density at radius 1 is 1.27 bits per heavy atom. The highest BCUT2D eigenvalue weighted by atomic mass is 16.5. The van der Waals surface area contributed by atoms with E-state index in [0.717, 1.165) is 51.8 Å². The largest absolute Gasteiger partial charge is 0.378 e. The maximum Gasteiger partial charge on any atom is 0.194 e. The first-order chi connectivity index (χ1) is 12.7. The average Bonchev–Trinajstić information content (AvgIpc) is 3.14. The third kappa shape index (κ3) is 4.98. The predicted octanol–water partition coefficient (Wildman–Crippen LogP) is 3.21. The van der Waals surface area contributed by atoms with Crippen LogP contribution in [0.15, 0.2) is 23.2 Å². The van der Waals surface area contributed by atoms with Gasteiger partial charge in [-0.05, 0) is 51.2 Å². The maximum atomic E-state index is 6.08. The molecule has 2 saturated heterocycles. The van der Waals surface area contributed by atoms with Gasteiger partial charge in [-0.15, -0.1) is 0 Å².